The monoisotopic (exact) mass is 183 g/mol. The van der Waals surface area contributed by atoms with Crippen molar-refractivity contribution in [1.82, 2.24) is 4.98 Å². The Labute approximate surface area is 84.9 Å². The number of terminal acetylenes is 1. The molecule has 2 rings (SSSR count). The first-order valence-corrected chi connectivity index (χ1v) is 5.01. The van der Waals surface area contributed by atoms with Gasteiger partial charge in [0.25, 0.3) is 0 Å². The molecule has 0 saturated carbocycles. The van der Waals surface area contributed by atoms with E-state index in [1.165, 1.54) is 30.5 Å². The molecule has 14 heavy (non-hydrogen) atoms. The second-order valence-electron chi connectivity index (χ2n) is 3.55. The lowest BCUT2D eigenvalue weighted by atomic mass is 9.96. The van der Waals surface area contributed by atoms with Crippen molar-refractivity contribution in [2.75, 3.05) is 0 Å². The fourth-order valence-corrected chi connectivity index (χ4v) is 1.83. The highest BCUT2D eigenvalue weighted by Crippen LogP contribution is 2.19. The number of aromatic nitrogens is 1. The summed E-state index contributed by atoms with van der Waals surface area (Å²) in [6, 6.07) is 4.22. The molecule has 0 atom stereocenters. The second kappa shape index (κ2) is 4.11. The molecule has 0 spiro atoms. The maximum Gasteiger partial charge on any atom is 0.0639 e. The molecule has 0 unspecified atom stereocenters. The van der Waals surface area contributed by atoms with Crippen LogP contribution in [0.5, 0.6) is 0 Å². The van der Waals surface area contributed by atoms with Gasteiger partial charge in [-0.1, -0.05) is 12.0 Å². The summed E-state index contributed by atoms with van der Waals surface area (Å²) >= 11 is 0. The predicted octanol–water partition coefficient (Wildman–Crippen LogP) is 2.61. The third-order valence-corrected chi connectivity index (χ3v) is 2.55. The molecule has 1 nitrogen and oxygen atoms in total. The van der Waals surface area contributed by atoms with Crippen molar-refractivity contribution in [3.8, 4) is 12.3 Å². The minimum absolute atomic E-state index is 0.976. The van der Waals surface area contributed by atoms with Gasteiger partial charge in [-0.15, -0.1) is 6.42 Å². The van der Waals surface area contributed by atoms with E-state index in [4.69, 9.17) is 6.42 Å². The molecule has 0 amide bonds. The molecule has 0 radical (unpaired) electrons. The highest BCUT2D eigenvalue weighted by atomic mass is 14.7. The van der Waals surface area contributed by atoms with E-state index in [0.717, 1.165) is 12.1 Å². The van der Waals surface area contributed by atoms with E-state index in [1.807, 2.05) is 12.1 Å². The molecule has 1 aromatic rings. The number of fused-ring (bicyclic) bond motifs is 1. The average molecular weight is 183 g/mol. The third-order valence-electron chi connectivity index (χ3n) is 2.55. The number of rotatable bonds is 1. The van der Waals surface area contributed by atoms with E-state index < -0.39 is 0 Å². The van der Waals surface area contributed by atoms with E-state index in [-0.39, 0.29) is 0 Å². The van der Waals surface area contributed by atoms with Crippen LogP contribution in [0.3, 0.4) is 0 Å². The summed E-state index contributed by atoms with van der Waals surface area (Å²) < 4.78 is 0. The molecule has 1 aromatic heterocycles. The van der Waals surface area contributed by atoms with E-state index >= 15 is 0 Å². The largest absolute Gasteiger partial charge is 0.253 e. The van der Waals surface area contributed by atoms with Crippen LogP contribution in [0.25, 0.3) is 6.08 Å². The van der Waals surface area contributed by atoms with E-state index in [0.29, 0.717) is 0 Å². The Hall–Kier alpha value is -1.55. The Morgan fingerprint density at radius 1 is 1.29 bits per heavy atom. The summed E-state index contributed by atoms with van der Waals surface area (Å²) in [5.41, 5.74) is 3.65. The van der Waals surface area contributed by atoms with Gasteiger partial charge in [-0.3, -0.25) is 4.98 Å². The lowest BCUT2D eigenvalue weighted by Crippen LogP contribution is -2.05. The maximum atomic E-state index is 5.15. The van der Waals surface area contributed by atoms with Gasteiger partial charge < -0.3 is 0 Å². The number of nitrogens with zero attached hydrogens (tertiary/aromatic N) is 1. The summed E-state index contributed by atoms with van der Waals surface area (Å²) in [6.45, 7) is 0. The highest BCUT2D eigenvalue weighted by Gasteiger charge is 2.09. The van der Waals surface area contributed by atoms with Crippen LogP contribution >= 0.6 is 0 Å². The van der Waals surface area contributed by atoms with Crippen molar-refractivity contribution < 1.29 is 0 Å². The van der Waals surface area contributed by atoms with Crippen LogP contribution in [0, 0.1) is 12.3 Å². The summed E-state index contributed by atoms with van der Waals surface area (Å²) in [5.74, 6) is 2.48. The molecule has 1 heterocycles. The summed E-state index contributed by atoms with van der Waals surface area (Å²) in [4.78, 5) is 4.57. The Balaban J connectivity index is 2.30. The van der Waals surface area contributed by atoms with Crippen molar-refractivity contribution >= 4 is 6.08 Å². The van der Waals surface area contributed by atoms with Gasteiger partial charge >= 0.3 is 0 Å². The molecule has 0 saturated heterocycles. The first-order valence-electron chi connectivity index (χ1n) is 5.01. The van der Waals surface area contributed by atoms with Crippen LogP contribution in [0.1, 0.15) is 29.8 Å². The molecule has 1 aliphatic carbocycles. The van der Waals surface area contributed by atoms with Gasteiger partial charge in [0, 0.05) is 5.69 Å². The summed E-state index contributed by atoms with van der Waals surface area (Å²) in [5, 5.41) is 0. The highest BCUT2D eigenvalue weighted by molar-refractivity contribution is 5.49. The Bertz CT molecular complexity index is 396. The quantitative estimate of drug-likeness (QED) is 0.610. The molecule has 0 aromatic carbocycles. The Morgan fingerprint density at radius 2 is 2.14 bits per heavy atom. The van der Waals surface area contributed by atoms with Gasteiger partial charge in [-0.2, -0.15) is 0 Å². The van der Waals surface area contributed by atoms with Gasteiger partial charge in [0.1, 0.15) is 0 Å². The minimum atomic E-state index is 0.976. The molecular weight excluding hydrogens is 170 g/mol. The van der Waals surface area contributed by atoms with Crippen molar-refractivity contribution in [3.63, 3.8) is 0 Å². The third kappa shape index (κ3) is 1.85. The van der Waals surface area contributed by atoms with Crippen LogP contribution in [0.4, 0.5) is 0 Å². The number of hydrogen-bond acceptors (Lipinski definition) is 1. The smallest absolute Gasteiger partial charge is 0.0639 e. The van der Waals surface area contributed by atoms with Crippen LogP contribution in [0.2, 0.25) is 0 Å². The molecule has 0 aliphatic heterocycles. The van der Waals surface area contributed by atoms with Gasteiger partial charge in [-0.05, 0) is 49.5 Å². The van der Waals surface area contributed by atoms with E-state index in [9.17, 15) is 0 Å². The maximum absolute atomic E-state index is 5.15. The standard InChI is InChI=1S/C13H13N/c1-2-3-7-12-10-9-11-6-4-5-8-13(11)14-12/h1,3,7,9-10H,4-6,8H2/b7-3-. The molecule has 0 fully saturated rings. The number of allylic oxidation sites excluding steroid dienone is 1. The molecule has 0 N–H and O–H groups in total. The molecule has 0 bridgehead atoms. The minimum Gasteiger partial charge on any atom is -0.253 e. The van der Waals surface area contributed by atoms with Gasteiger partial charge in [0.15, 0.2) is 0 Å². The fourth-order valence-electron chi connectivity index (χ4n) is 1.83. The first-order chi connectivity index (χ1) is 6.90. The van der Waals surface area contributed by atoms with Crippen LogP contribution in [-0.2, 0) is 12.8 Å². The second-order valence-corrected chi connectivity index (χ2v) is 3.55. The number of hydrogen-bond donors (Lipinski definition) is 0. The van der Waals surface area contributed by atoms with Gasteiger partial charge in [0.2, 0.25) is 0 Å². The number of pyridine rings is 1. The zero-order chi connectivity index (χ0) is 9.80. The number of aryl methyl sites for hydroxylation is 2. The molecule has 70 valence electrons. The normalized spacial score (nSPS) is 15.1. The summed E-state index contributed by atoms with van der Waals surface area (Å²) in [7, 11) is 0. The zero-order valence-corrected chi connectivity index (χ0v) is 8.16. The van der Waals surface area contributed by atoms with Gasteiger partial charge in [-0.25, -0.2) is 0 Å². The van der Waals surface area contributed by atoms with Crippen molar-refractivity contribution in [1.29, 1.82) is 0 Å². The van der Waals surface area contributed by atoms with Crippen molar-refractivity contribution in [3.05, 3.63) is 35.2 Å². The topological polar surface area (TPSA) is 12.9 Å². The van der Waals surface area contributed by atoms with Crippen LogP contribution < -0.4 is 0 Å². The first kappa shape index (κ1) is 9.02. The zero-order valence-electron chi connectivity index (χ0n) is 8.16. The summed E-state index contributed by atoms with van der Waals surface area (Å²) in [6.07, 6.45) is 13.6. The molecule has 1 heteroatoms. The van der Waals surface area contributed by atoms with Crippen LogP contribution in [-0.4, -0.2) is 4.98 Å². The lowest BCUT2D eigenvalue weighted by molar-refractivity contribution is 0.667. The van der Waals surface area contributed by atoms with Gasteiger partial charge in [0.05, 0.1) is 5.69 Å². The average Bonchev–Trinajstić information content (AvgIpc) is 2.26. The molecular formula is C13H13N. The Kier molecular flexibility index (Phi) is 2.65. The van der Waals surface area contributed by atoms with E-state index in [1.54, 1.807) is 6.08 Å². The van der Waals surface area contributed by atoms with E-state index in [2.05, 4.69) is 17.0 Å². The van der Waals surface area contributed by atoms with Crippen molar-refractivity contribution in [2.45, 2.75) is 25.7 Å². The van der Waals surface area contributed by atoms with Crippen LogP contribution in [0.15, 0.2) is 18.2 Å². The SMILES string of the molecule is C#C/C=C\c1ccc2c(n1)CCCC2. The predicted molar refractivity (Wildman–Crippen MR) is 58.7 cm³/mol. The fraction of sp³-hybridized carbons (Fsp3) is 0.308. The molecule has 1 aliphatic rings. The Morgan fingerprint density at radius 3 is 3.00 bits per heavy atom. The van der Waals surface area contributed by atoms with Crippen molar-refractivity contribution in [2.24, 2.45) is 0 Å². The lowest BCUT2D eigenvalue weighted by Gasteiger charge is -2.14.